The Morgan fingerprint density at radius 1 is 1.50 bits per heavy atom. The lowest BCUT2D eigenvalue weighted by Gasteiger charge is -2.03. The van der Waals surface area contributed by atoms with Crippen LogP contribution in [0.2, 0.25) is 0 Å². The van der Waals surface area contributed by atoms with E-state index in [9.17, 15) is 4.79 Å². The minimum atomic E-state index is -0.485. The quantitative estimate of drug-likeness (QED) is 0.743. The van der Waals surface area contributed by atoms with Gasteiger partial charge >= 0.3 is 5.97 Å². The second kappa shape index (κ2) is 4.99. The molecule has 0 aliphatic heterocycles. The largest absolute Gasteiger partial charge is 0.464 e. The number of carbonyl (C=O) groups excluding carboxylic acids is 1. The third-order valence-corrected chi connectivity index (χ3v) is 2.54. The number of carbonyl (C=O) groups is 1. The van der Waals surface area contributed by atoms with Gasteiger partial charge in [0.05, 0.1) is 31.2 Å². The van der Waals surface area contributed by atoms with E-state index in [1.807, 2.05) is 24.6 Å². The van der Waals surface area contributed by atoms with E-state index in [1.54, 1.807) is 10.9 Å². The van der Waals surface area contributed by atoms with E-state index in [-0.39, 0.29) is 5.69 Å². The first-order chi connectivity index (χ1) is 8.63. The molecule has 0 aliphatic carbocycles. The van der Waals surface area contributed by atoms with Crippen molar-refractivity contribution in [1.29, 1.82) is 0 Å². The summed E-state index contributed by atoms with van der Waals surface area (Å²) < 4.78 is 8.07. The van der Waals surface area contributed by atoms with Crippen molar-refractivity contribution < 1.29 is 9.53 Å². The molecular formula is C11H15N5O2. The van der Waals surface area contributed by atoms with Gasteiger partial charge in [0.2, 0.25) is 0 Å². The molecule has 18 heavy (non-hydrogen) atoms. The Bertz CT molecular complexity index is 558. The number of rotatable bonds is 4. The van der Waals surface area contributed by atoms with Gasteiger partial charge in [-0.3, -0.25) is 4.68 Å². The number of hydrogen-bond donors (Lipinski definition) is 0. The highest BCUT2D eigenvalue weighted by molar-refractivity contribution is 5.86. The highest BCUT2D eigenvalue weighted by Crippen LogP contribution is 2.06. The molecule has 0 atom stereocenters. The second-order valence-corrected chi connectivity index (χ2v) is 3.89. The third-order valence-electron chi connectivity index (χ3n) is 2.54. The van der Waals surface area contributed by atoms with Crippen molar-refractivity contribution in [2.45, 2.75) is 26.9 Å². The minimum absolute atomic E-state index is 0.205. The lowest BCUT2D eigenvalue weighted by molar-refractivity contribution is 0.0594. The van der Waals surface area contributed by atoms with Gasteiger partial charge in [-0.15, -0.1) is 5.10 Å². The highest BCUT2D eigenvalue weighted by atomic mass is 16.5. The van der Waals surface area contributed by atoms with E-state index < -0.39 is 5.97 Å². The van der Waals surface area contributed by atoms with Crippen LogP contribution in [0.25, 0.3) is 0 Å². The van der Waals surface area contributed by atoms with Crippen molar-refractivity contribution in [1.82, 2.24) is 24.8 Å². The van der Waals surface area contributed by atoms with E-state index in [2.05, 4.69) is 20.1 Å². The predicted molar refractivity (Wildman–Crippen MR) is 63.1 cm³/mol. The summed E-state index contributed by atoms with van der Waals surface area (Å²) in [7, 11) is 1.32. The number of nitrogens with zero attached hydrogens (tertiary/aromatic N) is 5. The van der Waals surface area contributed by atoms with Crippen LogP contribution in [0.5, 0.6) is 0 Å². The first-order valence-electron chi connectivity index (χ1n) is 5.65. The maximum Gasteiger partial charge on any atom is 0.360 e. The summed E-state index contributed by atoms with van der Waals surface area (Å²) in [6.45, 7) is 5.29. The van der Waals surface area contributed by atoms with Gasteiger partial charge in [-0.05, 0) is 19.9 Å². The zero-order valence-corrected chi connectivity index (χ0v) is 10.6. The molecular weight excluding hydrogens is 234 g/mol. The molecule has 0 bridgehead atoms. The number of esters is 1. The van der Waals surface area contributed by atoms with Crippen LogP contribution in [0.1, 0.15) is 28.8 Å². The Kier molecular flexibility index (Phi) is 3.40. The molecule has 0 saturated carbocycles. The van der Waals surface area contributed by atoms with Gasteiger partial charge < -0.3 is 4.74 Å². The molecule has 2 aromatic rings. The molecule has 0 N–H and O–H groups in total. The summed E-state index contributed by atoms with van der Waals surface area (Å²) in [5.74, 6) is -0.485. The normalized spacial score (nSPS) is 10.6. The van der Waals surface area contributed by atoms with Crippen LogP contribution in [-0.4, -0.2) is 37.9 Å². The van der Waals surface area contributed by atoms with E-state index in [0.717, 1.165) is 17.9 Å². The molecule has 2 aromatic heterocycles. The maximum atomic E-state index is 11.3. The van der Waals surface area contributed by atoms with Crippen LogP contribution in [0, 0.1) is 6.92 Å². The van der Waals surface area contributed by atoms with Crippen LogP contribution in [-0.2, 0) is 17.8 Å². The SMILES string of the molecule is CCn1nc(C)cc1Cn1cc(C(=O)OC)nn1. The fourth-order valence-corrected chi connectivity index (χ4v) is 1.74. The van der Waals surface area contributed by atoms with Gasteiger partial charge in [0, 0.05) is 6.54 Å². The monoisotopic (exact) mass is 249 g/mol. The molecule has 0 spiro atoms. The van der Waals surface area contributed by atoms with E-state index >= 15 is 0 Å². The average Bonchev–Trinajstić information content (AvgIpc) is 2.95. The van der Waals surface area contributed by atoms with Crippen LogP contribution in [0.3, 0.4) is 0 Å². The predicted octanol–water partition coefficient (Wildman–Crippen LogP) is 0.638. The summed E-state index contributed by atoms with van der Waals surface area (Å²) in [5, 5.41) is 12.0. The molecule has 0 unspecified atom stereocenters. The van der Waals surface area contributed by atoms with Gasteiger partial charge in [-0.1, -0.05) is 5.21 Å². The number of aryl methyl sites for hydroxylation is 2. The lowest BCUT2D eigenvalue weighted by atomic mass is 10.3. The van der Waals surface area contributed by atoms with Crippen LogP contribution < -0.4 is 0 Å². The zero-order valence-electron chi connectivity index (χ0n) is 10.6. The number of hydrogen-bond acceptors (Lipinski definition) is 5. The van der Waals surface area contributed by atoms with Gasteiger partial charge in [0.25, 0.3) is 0 Å². The van der Waals surface area contributed by atoms with Crippen LogP contribution in [0.15, 0.2) is 12.3 Å². The van der Waals surface area contributed by atoms with E-state index in [4.69, 9.17) is 0 Å². The Morgan fingerprint density at radius 2 is 2.28 bits per heavy atom. The van der Waals surface area contributed by atoms with E-state index in [0.29, 0.717) is 6.54 Å². The van der Waals surface area contributed by atoms with Gasteiger partial charge in [0.15, 0.2) is 5.69 Å². The van der Waals surface area contributed by atoms with Gasteiger partial charge in [0.1, 0.15) is 0 Å². The lowest BCUT2D eigenvalue weighted by Crippen LogP contribution is -2.08. The molecule has 7 nitrogen and oxygen atoms in total. The molecule has 0 fully saturated rings. The molecule has 7 heteroatoms. The Morgan fingerprint density at radius 3 is 2.94 bits per heavy atom. The maximum absolute atomic E-state index is 11.3. The van der Waals surface area contributed by atoms with Crippen molar-refractivity contribution >= 4 is 5.97 Å². The molecule has 0 aliphatic rings. The van der Waals surface area contributed by atoms with Gasteiger partial charge in [-0.2, -0.15) is 5.10 Å². The standard InChI is InChI=1S/C11H15N5O2/c1-4-16-9(5-8(2)13-16)6-15-7-10(12-14-15)11(17)18-3/h5,7H,4,6H2,1-3H3. The molecule has 2 rings (SSSR count). The average molecular weight is 249 g/mol. The van der Waals surface area contributed by atoms with Crippen molar-refractivity contribution in [3.63, 3.8) is 0 Å². The number of aromatic nitrogens is 5. The molecule has 0 radical (unpaired) electrons. The molecule has 0 amide bonds. The first kappa shape index (κ1) is 12.3. The van der Waals surface area contributed by atoms with E-state index in [1.165, 1.54) is 7.11 Å². The summed E-state index contributed by atoms with van der Waals surface area (Å²) in [6, 6.07) is 1.99. The topological polar surface area (TPSA) is 74.8 Å². The molecule has 0 aromatic carbocycles. The smallest absolute Gasteiger partial charge is 0.360 e. The summed E-state index contributed by atoms with van der Waals surface area (Å²) in [6.07, 6.45) is 1.56. The fraction of sp³-hybridized carbons (Fsp3) is 0.455. The molecule has 2 heterocycles. The number of methoxy groups -OCH3 is 1. The van der Waals surface area contributed by atoms with Crippen molar-refractivity contribution in [3.05, 3.63) is 29.3 Å². The summed E-state index contributed by atoms with van der Waals surface area (Å²) in [5.41, 5.74) is 2.19. The fourth-order valence-electron chi connectivity index (χ4n) is 1.74. The minimum Gasteiger partial charge on any atom is -0.464 e. The van der Waals surface area contributed by atoms with Crippen LogP contribution >= 0.6 is 0 Å². The molecule has 96 valence electrons. The van der Waals surface area contributed by atoms with Crippen molar-refractivity contribution in [3.8, 4) is 0 Å². The van der Waals surface area contributed by atoms with Gasteiger partial charge in [-0.25, -0.2) is 9.48 Å². The highest BCUT2D eigenvalue weighted by Gasteiger charge is 2.12. The second-order valence-electron chi connectivity index (χ2n) is 3.89. The molecule has 0 saturated heterocycles. The number of ether oxygens (including phenoxy) is 1. The Hall–Kier alpha value is -2.18. The third kappa shape index (κ3) is 2.39. The Labute approximate surface area is 104 Å². The Balaban J connectivity index is 2.18. The van der Waals surface area contributed by atoms with Crippen LogP contribution in [0.4, 0.5) is 0 Å². The van der Waals surface area contributed by atoms with Crippen molar-refractivity contribution in [2.24, 2.45) is 0 Å². The zero-order chi connectivity index (χ0) is 13.1. The first-order valence-corrected chi connectivity index (χ1v) is 5.65. The van der Waals surface area contributed by atoms with Crippen molar-refractivity contribution in [2.75, 3.05) is 7.11 Å². The summed E-state index contributed by atoms with van der Waals surface area (Å²) >= 11 is 0. The summed E-state index contributed by atoms with van der Waals surface area (Å²) in [4.78, 5) is 11.3.